The van der Waals surface area contributed by atoms with Crippen LogP contribution < -0.4 is 5.32 Å². The van der Waals surface area contributed by atoms with Crippen LogP contribution in [0.3, 0.4) is 0 Å². The van der Waals surface area contributed by atoms with Crippen LogP contribution in [-0.4, -0.2) is 45.8 Å². The predicted octanol–water partition coefficient (Wildman–Crippen LogP) is 1.34. The summed E-state index contributed by atoms with van der Waals surface area (Å²) < 4.78 is 1.72. The van der Waals surface area contributed by atoms with Crippen molar-refractivity contribution in [2.75, 3.05) is 7.05 Å². The minimum atomic E-state index is 0.103. The van der Waals surface area contributed by atoms with Crippen LogP contribution in [0.5, 0.6) is 0 Å². The predicted molar refractivity (Wildman–Crippen MR) is 77.6 cm³/mol. The molecule has 0 spiro atoms. The number of carbonyl (C=O) groups is 1. The Bertz CT molecular complexity index is 498. The zero-order chi connectivity index (χ0) is 14.3. The normalized spacial score (nSPS) is 28.6. The number of nitrogens with one attached hydrogen (secondary N) is 1. The van der Waals surface area contributed by atoms with Crippen LogP contribution in [-0.2, 0) is 13.5 Å². The van der Waals surface area contributed by atoms with Crippen molar-refractivity contribution in [1.82, 2.24) is 20.0 Å². The van der Waals surface area contributed by atoms with Gasteiger partial charge >= 0.3 is 0 Å². The Hall–Kier alpha value is -1.36. The van der Waals surface area contributed by atoms with Gasteiger partial charge in [-0.15, -0.1) is 0 Å². The van der Waals surface area contributed by atoms with Crippen LogP contribution in [0.4, 0.5) is 0 Å². The zero-order valence-electron chi connectivity index (χ0n) is 12.6. The van der Waals surface area contributed by atoms with E-state index in [4.69, 9.17) is 0 Å². The maximum atomic E-state index is 12.7. The third kappa shape index (κ3) is 2.35. The molecule has 1 aromatic rings. The van der Waals surface area contributed by atoms with Crippen molar-refractivity contribution in [3.05, 3.63) is 17.5 Å². The number of carbonyl (C=O) groups excluding carboxylic acids is 1. The first-order chi connectivity index (χ1) is 9.58. The quantitative estimate of drug-likeness (QED) is 0.906. The smallest absolute Gasteiger partial charge is 0.272 e. The number of aryl methyl sites for hydroxylation is 2. The molecule has 2 aliphatic rings. The molecule has 0 saturated carbocycles. The highest BCUT2D eigenvalue weighted by Gasteiger charge is 2.36. The molecule has 2 unspecified atom stereocenters. The standard InChI is InChI=1S/C15H24N4O/c1-4-10-9-14(19(3)17-10)15(20)18(2)13-7-11-5-6-12(8-13)16-11/h9,11-13,16H,4-8H2,1-3H3. The topological polar surface area (TPSA) is 50.2 Å². The molecule has 2 aliphatic heterocycles. The third-order valence-corrected chi connectivity index (χ3v) is 4.83. The lowest BCUT2D eigenvalue weighted by Crippen LogP contribution is -2.49. The highest BCUT2D eigenvalue weighted by atomic mass is 16.2. The Balaban J connectivity index is 1.74. The number of aromatic nitrogens is 2. The van der Waals surface area contributed by atoms with Gasteiger partial charge in [-0.05, 0) is 38.2 Å². The number of hydrogen-bond acceptors (Lipinski definition) is 3. The molecule has 3 rings (SSSR count). The van der Waals surface area contributed by atoms with E-state index in [-0.39, 0.29) is 5.91 Å². The molecule has 1 amide bonds. The van der Waals surface area contributed by atoms with E-state index < -0.39 is 0 Å². The number of nitrogens with zero attached hydrogens (tertiary/aromatic N) is 3. The molecule has 1 N–H and O–H groups in total. The third-order valence-electron chi connectivity index (χ3n) is 4.83. The average molecular weight is 276 g/mol. The average Bonchev–Trinajstić information content (AvgIpc) is 2.99. The van der Waals surface area contributed by atoms with Gasteiger partial charge in [-0.25, -0.2) is 0 Å². The summed E-state index contributed by atoms with van der Waals surface area (Å²) in [6.45, 7) is 2.06. The van der Waals surface area contributed by atoms with Crippen LogP contribution in [0.15, 0.2) is 6.07 Å². The van der Waals surface area contributed by atoms with Gasteiger partial charge in [-0.2, -0.15) is 5.10 Å². The van der Waals surface area contributed by atoms with Crippen molar-refractivity contribution < 1.29 is 4.79 Å². The maximum absolute atomic E-state index is 12.7. The Kier molecular flexibility index (Phi) is 3.54. The second-order valence-electron chi connectivity index (χ2n) is 6.18. The molecule has 20 heavy (non-hydrogen) atoms. The lowest BCUT2D eigenvalue weighted by molar-refractivity contribution is 0.0670. The Labute approximate surface area is 120 Å². The summed E-state index contributed by atoms with van der Waals surface area (Å²) in [6, 6.07) is 3.49. The first kappa shape index (κ1) is 13.6. The molecule has 5 heteroatoms. The fraction of sp³-hybridized carbons (Fsp3) is 0.733. The van der Waals surface area contributed by atoms with Crippen LogP contribution in [0.25, 0.3) is 0 Å². The molecule has 1 aromatic heterocycles. The first-order valence-corrected chi connectivity index (χ1v) is 7.64. The van der Waals surface area contributed by atoms with Crippen LogP contribution in [0, 0.1) is 0 Å². The molecule has 2 bridgehead atoms. The van der Waals surface area contributed by atoms with E-state index in [9.17, 15) is 4.79 Å². The Morgan fingerprint density at radius 1 is 1.45 bits per heavy atom. The summed E-state index contributed by atoms with van der Waals surface area (Å²) in [5.74, 6) is 0.103. The van der Waals surface area contributed by atoms with E-state index in [1.54, 1.807) is 4.68 Å². The van der Waals surface area contributed by atoms with Crippen molar-refractivity contribution in [2.45, 2.75) is 57.2 Å². The van der Waals surface area contributed by atoms with Gasteiger partial charge in [0.2, 0.25) is 0 Å². The molecule has 3 heterocycles. The Morgan fingerprint density at radius 3 is 2.65 bits per heavy atom. The van der Waals surface area contributed by atoms with Gasteiger partial charge in [0.1, 0.15) is 5.69 Å². The Morgan fingerprint density at radius 2 is 2.10 bits per heavy atom. The van der Waals surface area contributed by atoms with Crippen LogP contribution in [0.2, 0.25) is 0 Å². The minimum absolute atomic E-state index is 0.103. The number of hydrogen-bond donors (Lipinski definition) is 1. The van der Waals surface area contributed by atoms with E-state index in [1.807, 2.05) is 25.1 Å². The first-order valence-electron chi connectivity index (χ1n) is 7.64. The molecule has 5 nitrogen and oxygen atoms in total. The van der Waals surface area contributed by atoms with Gasteiger partial charge in [-0.1, -0.05) is 6.92 Å². The van der Waals surface area contributed by atoms with E-state index in [0.29, 0.717) is 23.8 Å². The number of rotatable bonds is 3. The fourth-order valence-electron chi connectivity index (χ4n) is 3.59. The second-order valence-corrected chi connectivity index (χ2v) is 6.18. The molecule has 110 valence electrons. The number of piperidine rings is 1. The van der Waals surface area contributed by atoms with Crippen LogP contribution >= 0.6 is 0 Å². The molecule has 0 aromatic carbocycles. The SMILES string of the molecule is CCc1cc(C(=O)N(C)C2CC3CCC(C2)N3)n(C)n1. The van der Waals surface area contributed by atoms with E-state index >= 15 is 0 Å². The zero-order valence-corrected chi connectivity index (χ0v) is 12.6. The van der Waals surface area contributed by atoms with E-state index in [2.05, 4.69) is 17.3 Å². The summed E-state index contributed by atoms with van der Waals surface area (Å²) >= 11 is 0. The second kappa shape index (κ2) is 5.20. The summed E-state index contributed by atoms with van der Waals surface area (Å²) in [7, 11) is 3.79. The molecule has 2 saturated heterocycles. The highest BCUT2D eigenvalue weighted by Crippen LogP contribution is 2.29. The van der Waals surface area contributed by atoms with Gasteiger partial charge in [0, 0.05) is 32.2 Å². The van der Waals surface area contributed by atoms with Crippen LogP contribution in [0.1, 0.15) is 48.8 Å². The van der Waals surface area contributed by atoms with E-state index in [0.717, 1.165) is 25.0 Å². The lowest BCUT2D eigenvalue weighted by Gasteiger charge is -2.35. The summed E-state index contributed by atoms with van der Waals surface area (Å²) in [6.07, 6.45) is 5.54. The summed E-state index contributed by atoms with van der Waals surface area (Å²) in [4.78, 5) is 14.6. The maximum Gasteiger partial charge on any atom is 0.272 e. The fourth-order valence-corrected chi connectivity index (χ4v) is 3.59. The van der Waals surface area contributed by atoms with Gasteiger partial charge in [0.25, 0.3) is 5.91 Å². The molecule has 0 radical (unpaired) electrons. The van der Waals surface area contributed by atoms with Gasteiger partial charge in [0.05, 0.1) is 5.69 Å². The lowest BCUT2D eigenvalue weighted by atomic mass is 9.98. The molecule has 2 atom stereocenters. The van der Waals surface area contributed by atoms with Gasteiger partial charge < -0.3 is 10.2 Å². The molecular weight excluding hydrogens is 252 g/mol. The van der Waals surface area contributed by atoms with E-state index in [1.165, 1.54) is 12.8 Å². The number of fused-ring (bicyclic) bond motifs is 2. The largest absolute Gasteiger partial charge is 0.337 e. The van der Waals surface area contributed by atoms with Crippen molar-refractivity contribution in [1.29, 1.82) is 0 Å². The number of amides is 1. The molecule has 0 aliphatic carbocycles. The summed E-state index contributed by atoms with van der Waals surface area (Å²) in [5.41, 5.74) is 1.69. The van der Waals surface area contributed by atoms with Gasteiger partial charge in [0.15, 0.2) is 0 Å². The van der Waals surface area contributed by atoms with Crippen molar-refractivity contribution in [3.8, 4) is 0 Å². The monoisotopic (exact) mass is 276 g/mol. The van der Waals surface area contributed by atoms with Crippen molar-refractivity contribution in [3.63, 3.8) is 0 Å². The minimum Gasteiger partial charge on any atom is -0.337 e. The molecular formula is C15H24N4O. The summed E-state index contributed by atoms with van der Waals surface area (Å²) in [5, 5.41) is 8.00. The highest BCUT2D eigenvalue weighted by molar-refractivity contribution is 5.92. The molecule has 2 fully saturated rings. The van der Waals surface area contributed by atoms with Gasteiger partial charge in [-0.3, -0.25) is 9.48 Å². The van der Waals surface area contributed by atoms with Crippen molar-refractivity contribution >= 4 is 5.91 Å². The van der Waals surface area contributed by atoms with Crippen molar-refractivity contribution in [2.24, 2.45) is 7.05 Å².